The summed E-state index contributed by atoms with van der Waals surface area (Å²) in [5, 5.41) is 20.7. The highest BCUT2D eigenvalue weighted by molar-refractivity contribution is 7.78. The lowest BCUT2D eigenvalue weighted by Gasteiger charge is -2.32. The minimum atomic E-state index is -2.10. The number of hydrogen-bond acceptors (Lipinski definition) is 6. The molecule has 3 aromatic carbocycles. The lowest BCUT2D eigenvalue weighted by atomic mass is 9.85. The Hall–Kier alpha value is -3.33. The Balaban J connectivity index is 1.45. The Morgan fingerprint density at radius 3 is 2.56 bits per heavy atom. The van der Waals surface area contributed by atoms with Crippen molar-refractivity contribution in [3.63, 3.8) is 0 Å². The zero-order valence-electron chi connectivity index (χ0n) is 22.5. The molecule has 0 aromatic heterocycles. The molecule has 3 N–H and O–H groups in total. The molecule has 8 heteroatoms. The van der Waals surface area contributed by atoms with Gasteiger partial charge in [-0.2, -0.15) is 0 Å². The number of aromatic hydroxyl groups is 2. The first kappa shape index (κ1) is 27.2. The highest BCUT2D eigenvalue weighted by atomic mass is 32.2. The van der Waals surface area contributed by atoms with Gasteiger partial charge in [0.05, 0.1) is 5.75 Å². The van der Waals surface area contributed by atoms with Crippen LogP contribution in [0, 0.1) is 5.92 Å². The molecule has 1 fully saturated rings. The number of phenolic OH excluding ortho intramolecular Hbond substituents is 2. The van der Waals surface area contributed by atoms with Crippen LogP contribution in [0.5, 0.6) is 23.0 Å². The van der Waals surface area contributed by atoms with E-state index in [4.69, 9.17) is 9.47 Å². The van der Waals surface area contributed by atoms with E-state index in [0.717, 1.165) is 47.0 Å². The molecule has 0 saturated carbocycles. The highest BCUT2D eigenvalue weighted by Crippen LogP contribution is 2.48. The third-order valence-electron chi connectivity index (χ3n) is 7.68. The molecule has 2 heterocycles. The predicted molar refractivity (Wildman–Crippen MR) is 153 cm³/mol. The summed E-state index contributed by atoms with van der Waals surface area (Å²) in [6, 6.07) is 18.4. The molecule has 2 aliphatic heterocycles. The Morgan fingerprint density at radius 1 is 1.13 bits per heavy atom. The molecule has 4 atom stereocenters. The van der Waals surface area contributed by atoms with Crippen LogP contribution in [0.25, 0.3) is 11.1 Å². The molecule has 0 spiro atoms. The lowest BCUT2D eigenvalue weighted by molar-refractivity contribution is 0.169. The Bertz CT molecular complexity index is 1400. The van der Waals surface area contributed by atoms with Gasteiger partial charge in [-0.15, -0.1) is 0 Å². The van der Waals surface area contributed by atoms with Gasteiger partial charge in [0.25, 0.3) is 0 Å². The Labute approximate surface area is 232 Å². The van der Waals surface area contributed by atoms with Crippen molar-refractivity contribution < 1.29 is 28.4 Å². The van der Waals surface area contributed by atoms with E-state index in [-0.39, 0.29) is 17.3 Å². The van der Waals surface area contributed by atoms with E-state index >= 15 is 0 Å². The first-order valence-electron chi connectivity index (χ1n) is 13.3. The average Bonchev–Trinajstić information content (AvgIpc) is 3.34. The van der Waals surface area contributed by atoms with E-state index < -0.39 is 17.2 Å². The van der Waals surface area contributed by atoms with Crippen LogP contribution < -0.4 is 9.47 Å². The van der Waals surface area contributed by atoms with Gasteiger partial charge in [0, 0.05) is 29.3 Å². The summed E-state index contributed by atoms with van der Waals surface area (Å²) >= 11 is -2.10. The molecular formula is C31H35NO6S. The minimum absolute atomic E-state index is 0.0630. The zero-order chi connectivity index (χ0) is 27.7. The van der Waals surface area contributed by atoms with Gasteiger partial charge in [0.15, 0.2) is 11.1 Å². The monoisotopic (exact) mass is 549 g/mol. The summed E-state index contributed by atoms with van der Waals surface area (Å²) < 4.78 is 33.4. The number of likely N-dealkylation sites (tertiary alicyclic amines) is 1. The summed E-state index contributed by atoms with van der Waals surface area (Å²) in [7, 11) is 0. The first-order chi connectivity index (χ1) is 18.7. The number of fused-ring (bicyclic) bond motifs is 1. The third-order valence-corrected chi connectivity index (χ3v) is 8.24. The van der Waals surface area contributed by atoms with Gasteiger partial charge in [-0.25, -0.2) is 4.21 Å². The van der Waals surface area contributed by atoms with Crippen molar-refractivity contribution in [3.05, 3.63) is 82.9 Å². The number of rotatable bonds is 8. The summed E-state index contributed by atoms with van der Waals surface area (Å²) in [5.41, 5.74) is 4.48. The number of nitrogens with zero attached hydrogens (tertiary/aromatic N) is 1. The first-order valence-corrected chi connectivity index (χ1v) is 14.5. The van der Waals surface area contributed by atoms with Crippen LogP contribution in [-0.2, 0) is 16.8 Å². The van der Waals surface area contributed by atoms with E-state index in [2.05, 4.69) is 18.7 Å². The van der Waals surface area contributed by atoms with Crippen LogP contribution in [0.15, 0.2) is 60.7 Å². The van der Waals surface area contributed by atoms with E-state index in [1.807, 2.05) is 37.3 Å². The lowest BCUT2D eigenvalue weighted by Crippen LogP contribution is -2.35. The SMILES string of the molecule is CC1=C(c2cccc(O)c2)C(c2ccc(OC[C@H](C)N3CC[C@@H](C)C3)cc2)Oc2cc(CS(=O)O)c(O)cc21. The molecule has 7 nitrogen and oxygen atoms in total. The predicted octanol–water partition coefficient (Wildman–Crippen LogP) is 5.99. The largest absolute Gasteiger partial charge is 0.508 e. The maximum atomic E-state index is 11.4. The van der Waals surface area contributed by atoms with Gasteiger partial charge in [-0.3, -0.25) is 4.90 Å². The molecule has 206 valence electrons. The molecule has 1 saturated heterocycles. The van der Waals surface area contributed by atoms with Gasteiger partial charge in [0.1, 0.15) is 35.7 Å². The van der Waals surface area contributed by atoms with E-state index in [1.54, 1.807) is 30.3 Å². The van der Waals surface area contributed by atoms with Crippen molar-refractivity contribution in [2.45, 2.75) is 45.1 Å². The van der Waals surface area contributed by atoms with Gasteiger partial charge < -0.3 is 24.2 Å². The van der Waals surface area contributed by atoms with Crippen LogP contribution in [0.3, 0.4) is 0 Å². The standard InChI is InChI=1S/C31H35NO6S/c1-19-11-12-32(16-19)20(2)17-37-26-9-7-22(8-10-26)31-30(23-5-4-6-25(33)13-23)21(3)27-15-28(34)24(18-39(35)36)14-29(27)38-31/h4-10,13-15,19-20,31,33-34H,11-12,16-18H2,1-3H3,(H,35,36)/t19-,20+,31?/m1/s1. The number of benzene rings is 3. The highest BCUT2D eigenvalue weighted by Gasteiger charge is 2.31. The normalized spacial score (nSPS) is 20.8. The summed E-state index contributed by atoms with van der Waals surface area (Å²) in [5.74, 6) is 1.92. The second-order valence-electron chi connectivity index (χ2n) is 10.6. The van der Waals surface area contributed by atoms with E-state index in [9.17, 15) is 19.0 Å². The fourth-order valence-electron chi connectivity index (χ4n) is 5.48. The molecular weight excluding hydrogens is 514 g/mol. The topological polar surface area (TPSA) is 99.5 Å². The van der Waals surface area contributed by atoms with Crippen LogP contribution in [0.1, 0.15) is 55.5 Å². The van der Waals surface area contributed by atoms with Crippen LogP contribution in [-0.4, -0.2) is 49.6 Å². The smallest absolute Gasteiger partial charge is 0.157 e. The number of hydrogen-bond donors (Lipinski definition) is 3. The fraction of sp³-hybridized carbons (Fsp3) is 0.355. The van der Waals surface area contributed by atoms with Crippen molar-refractivity contribution in [1.29, 1.82) is 0 Å². The van der Waals surface area contributed by atoms with Gasteiger partial charge in [0.2, 0.25) is 0 Å². The van der Waals surface area contributed by atoms with Crippen molar-refractivity contribution in [1.82, 2.24) is 4.90 Å². The molecule has 3 aromatic rings. The summed E-state index contributed by atoms with van der Waals surface area (Å²) in [6.45, 7) is 9.29. The maximum Gasteiger partial charge on any atom is 0.157 e. The second kappa shape index (κ2) is 11.4. The molecule has 5 rings (SSSR count). The Kier molecular flexibility index (Phi) is 7.98. The van der Waals surface area contributed by atoms with Crippen molar-refractivity contribution in [2.24, 2.45) is 5.92 Å². The Morgan fingerprint density at radius 2 is 1.90 bits per heavy atom. The molecule has 0 radical (unpaired) electrons. The minimum Gasteiger partial charge on any atom is -0.508 e. The average molecular weight is 550 g/mol. The second-order valence-corrected chi connectivity index (χ2v) is 11.6. The van der Waals surface area contributed by atoms with Crippen LogP contribution in [0.4, 0.5) is 0 Å². The molecule has 2 aliphatic rings. The van der Waals surface area contributed by atoms with E-state index in [0.29, 0.717) is 29.5 Å². The van der Waals surface area contributed by atoms with Crippen molar-refractivity contribution in [2.75, 3.05) is 19.7 Å². The third kappa shape index (κ3) is 5.98. The summed E-state index contributed by atoms with van der Waals surface area (Å²) in [4.78, 5) is 2.47. The maximum absolute atomic E-state index is 11.4. The number of phenols is 2. The van der Waals surface area contributed by atoms with Crippen LogP contribution in [0.2, 0.25) is 0 Å². The fourth-order valence-corrected chi connectivity index (χ4v) is 5.98. The van der Waals surface area contributed by atoms with E-state index in [1.165, 1.54) is 6.42 Å². The number of allylic oxidation sites excluding steroid dienone is 1. The molecule has 0 amide bonds. The van der Waals surface area contributed by atoms with Gasteiger partial charge in [-0.05, 0) is 85.8 Å². The molecule has 0 bridgehead atoms. The van der Waals surface area contributed by atoms with Gasteiger partial charge in [-0.1, -0.05) is 31.2 Å². The zero-order valence-corrected chi connectivity index (χ0v) is 23.3. The van der Waals surface area contributed by atoms with Crippen molar-refractivity contribution in [3.8, 4) is 23.0 Å². The summed E-state index contributed by atoms with van der Waals surface area (Å²) in [6.07, 6.45) is 0.729. The van der Waals surface area contributed by atoms with Gasteiger partial charge >= 0.3 is 0 Å². The quantitative estimate of drug-likeness (QED) is 0.297. The molecule has 2 unspecified atom stereocenters. The number of ether oxygens (including phenoxy) is 2. The molecule has 0 aliphatic carbocycles. The van der Waals surface area contributed by atoms with Crippen LogP contribution >= 0.6 is 0 Å². The van der Waals surface area contributed by atoms with Crippen molar-refractivity contribution >= 4 is 22.2 Å². The molecule has 39 heavy (non-hydrogen) atoms.